The highest BCUT2D eigenvalue weighted by atomic mass is 35.7. The largest absolute Gasteiger partial charge is 0.371 e. The second-order valence-electron chi connectivity index (χ2n) is 4.47. The van der Waals surface area contributed by atoms with Crippen molar-refractivity contribution in [3.8, 4) is 0 Å². The van der Waals surface area contributed by atoms with Gasteiger partial charge in [0.25, 0.3) is 9.05 Å². The number of halogens is 1. The first kappa shape index (κ1) is 15.5. The molecule has 5 heteroatoms. The molecule has 0 aliphatic carbocycles. The van der Waals surface area contributed by atoms with Crippen LogP contribution in [0.1, 0.15) is 45.3 Å². The Labute approximate surface area is 114 Å². The lowest BCUT2D eigenvalue weighted by atomic mass is 10.1. The molecule has 0 saturated heterocycles. The first-order chi connectivity index (χ1) is 8.34. The Morgan fingerprint density at radius 1 is 1.22 bits per heavy atom. The summed E-state index contributed by atoms with van der Waals surface area (Å²) in [6.45, 7) is 6.06. The molecule has 0 amide bonds. The lowest BCUT2D eigenvalue weighted by Gasteiger charge is -2.20. The molecule has 0 aromatic heterocycles. The van der Waals surface area contributed by atoms with Gasteiger partial charge >= 0.3 is 0 Å². The number of hydrogen-bond acceptors (Lipinski definition) is 3. The van der Waals surface area contributed by atoms with E-state index in [1.54, 1.807) is 12.1 Å². The van der Waals surface area contributed by atoms with Crippen LogP contribution < -0.4 is 0 Å². The van der Waals surface area contributed by atoms with Gasteiger partial charge in [-0.2, -0.15) is 0 Å². The van der Waals surface area contributed by atoms with Gasteiger partial charge < -0.3 is 4.74 Å². The summed E-state index contributed by atoms with van der Waals surface area (Å²) in [5.41, 5.74) is 0.981. The Bertz CT molecular complexity index is 466. The van der Waals surface area contributed by atoms with Gasteiger partial charge in [-0.15, -0.1) is 0 Å². The predicted octanol–water partition coefficient (Wildman–Crippen LogP) is 3.88. The Hall–Kier alpha value is -0.580. The lowest BCUT2D eigenvalue weighted by Crippen LogP contribution is -2.10. The van der Waals surface area contributed by atoms with Crippen molar-refractivity contribution in [1.82, 2.24) is 0 Å². The fraction of sp³-hybridized carbons (Fsp3) is 0.538. The normalized spacial score (nSPS) is 13.8. The van der Waals surface area contributed by atoms with Gasteiger partial charge in [0.15, 0.2) is 0 Å². The molecular weight excluding hydrogens is 272 g/mol. The minimum absolute atomic E-state index is 0.00193. The molecule has 0 spiro atoms. The Balaban J connectivity index is 2.93. The van der Waals surface area contributed by atoms with Gasteiger partial charge in [0.1, 0.15) is 0 Å². The maximum absolute atomic E-state index is 11.2. The van der Waals surface area contributed by atoms with Crippen molar-refractivity contribution < 1.29 is 13.2 Å². The molecule has 18 heavy (non-hydrogen) atoms. The van der Waals surface area contributed by atoms with Crippen LogP contribution >= 0.6 is 10.7 Å². The third kappa shape index (κ3) is 4.59. The first-order valence-electron chi connectivity index (χ1n) is 6.04. The Kier molecular flexibility index (Phi) is 5.63. The third-order valence-electron chi connectivity index (χ3n) is 2.52. The topological polar surface area (TPSA) is 43.4 Å². The van der Waals surface area contributed by atoms with Crippen molar-refractivity contribution in [1.29, 1.82) is 0 Å². The van der Waals surface area contributed by atoms with Gasteiger partial charge in [-0.25, -0.2) is 8.42 Å². The average Bonchev–Trinajstić information content (AvgIpc) is 2.27. The molecule has 0 fully saturated rings. The smallest absolute Gasteiger partial charge is 0.261 e. The molecule has 0 aliphatic rings. The van der Waals surface area contributed by atoms with E-state index < -0.39 is 9.05 Å². The average molecular weight is 291 g/mol. The number of rotatable bonds is 6. The zero-order valence-electron chi connectivity index (χ0n) is 10.9. The van der Waals surface area contributed by atoms with E-state index in [4.69, 9.17) is 15.4 Å². The standard InChI is InChI=1S/C13H19ClO3S/c1-4-5-13(17-10(2)3)11-6-8-12(9-7-11)18(14,15)16/h6-10,13H,4-5H2,1-3H3/t13-/m0/s1. The monoisotopic (exact) mass is 290 g/mol. The maximum Gasteiger partial charge on any atom is 0.261 e. The van der Waals surface area contributed by atoms with E-state index in [1.165, 1.54) is 12.1 Å². The molecule has 0 radical (unpaired) electrons. The first-order valence-corrected chi connectivity index (χ1v) is 8.35. The minimum atomic E-state index is -3.65. The highest BCUT2D eigenvalue weighted by Crippen LogP contribution is 2.26. The maximum atomic E-state index is 11.2. The summed E-state index contributed by atoms with van der Waals surface area (Å²) in [6, 6.07) is 6.56. The summed E-state index contributed by atoms with van der Waals surface area (Å²) in [5, 5.41) is 0. The van der Waals surface area contributed by atoms with Gasteiger partial charge in [-0.3, -0.25) is 0 Å². The van der Waals surface area contributed by atoms with Crippen molar-refractivity contribution in [3.63, 3.8) is 0 Å². The van der Waals surface area contributed by atoms with Crippen molar-refractivity contribution in [2.24, 2.45) is 0 Å². The van der Waals surface area contributed by atoms with Gasteiger partial charge in [-0.1, -0.05) is 25.5 Å². The van der Waals surface area contributed by atoms with Crippen molar-refractivity contribution >= 4 is 19.7 Å². The lowest BCUT2D eigenvalue weighted by molar-refractivity contribution is 0.00132. The van der Waals surface area contributed by atoms with Crippen LogP contribution in [-0.2, 0) is 13.8 Å². The third-order valence-corrected chi connectivity index (χ3v) is 3.89. The fourth-order valence-electron chi connectivity index (χ4n) is 1.75. The molecule has 0 unspecified atom stereocenters. The van der Waals surface area contributed by atoms with E-state index in [9.17, 15) is 8.42 Å². The molecule has 1 atom stereocenters. The summed E-state index contributed by atoms with van der Waals surface area (Å²) in [4.78, 5) is 0.118. The van der Waals surface area contributed by atoms with Crippen molar-refractivity contribution in [2.45, 2.75) is 50.7 Å². The highest BCUT2D eigenvalue weighted by molar-refractivity contribution is 8.13. The molecule has 3 nitrogen and oxygen atoms in total. The van der Waals surface area contributed by atoms with Gasteiger partial charge in [0.2, 0.25) is 0 Å². The van der Waals surface area contributed by atoms with Gasteiger partial charge in [-0.05, 0) is 38.0 Å². The summed E-state index contributed by atoms with van der Waals surface area (Å²) in [7, 11) is 1.63. The molecule has 0 saturated carbocycles. The van der Waals surface area contributed by atoms with E-state index in [2.05, 4.69) is 6.92 Å². The van der Waals surface area contributed by atoms with Crippen LogP contribution in [0.4, 0.5) is 0 Å². The molecular formula is C13H19ClO3S. The molecule has 1 rings (SSSR count). The van der Waals surface area contributed by atoms with Crippen LogP contribution in [-0.4, -0.2) is 14.5 Å². The van der Waals surface area contributed by atoms with Gasteiger partial charge in [0, 0.05) is 10.7 Å². The molecule has 1 aromatic carbocycles. The Morgan fingerprint density at radius 2 is 1.78 bits per heavy atom. The molecule has 0 N–H and O–H groups in total. The van der Waals surface area contributed by atoms with Crippen molar-refractivity contribution in [3.05, 3.63) is 29.8 Å². The molecule has 1 aromatic rings. The summed E-state index contributed by atoms with van der Waals surface area (Å²) >= 11 is 0. The molecule has 102 valence electrons. The Morgan fingerprint density at radius 3 is 2.17 bits per heavy atom. The number of hydrogen-bond donors (Lipinski definition) is 0. The quantitative estimate of drug-likeness (QED) is 0.747. The van der Waals surface area contributed by atoms with Crippen LogP contribution in [0.5, 0.6) is 0 Å². The van der Waals surface area contributed by atoms with E-state index >= 15 is 0 Å². The highest BCUT2D eigenvalue weighted by Gasteiger charge is 2.15. The summed E-state index contributed by atoms with van der Waals surface area (Å²) in [5.74, 6) is 0. The van der Waals surface area contributed by atoms with Crippen LogP contribution in [0.15, 0.2) is 29.2 Å². The predicted molar refractivity (Wildman–Crippen MR) is 73.4 cm³/mol. The van der Waals surface area contributed by atoms with Crippen molar-refractivity contribution in [2.75, 3.05) is 0 Å². The molecule has 0 bridgehead atoms. The number of benzene rings is 1. The van der Waals surface area contributed by atoms with Crippen LogP contribution in [0, 0.1) is 0 Å². The zero-order valence-corrected chi connectivity index (χ0v) is 12.5. The summed E-state index contributed by atoms with van der Waals surface area (Å²) < 4.78 is 28.1. The van der Waals surface area contributed by atoms with Gasteiger partial charge in [0.05, 0.1) is 17.1 Å². The minimum Gasteiger partial charge on any atom is -0.371 e. The molecule has 0 aliphatic heterocycles. The SMILES string of the molecule is CCC[C@H](OC(C)C)c1ccc(S(=O)(=O)Cl)cc1. The van der Waals surface area contributed by atoms with Crippen LogP contribution in [0.2, 0.25) is 0 Å². The summed E-state index contributed by atoms with van der Waals surface area (Å²) in [6.07, 6.45) is 2.05. The van der Waals surface area contributed by atoms with Crippen LogP contribution in [0.3, 0.4) is 0 Å². The number of ether oxygens (including phenoxy) is 1. The van der Waals surface area contributed by atoms with E-state index in [0.29, 0.717) is 0 Å². The van der Waals surface area contributed by atoms with E-state index in [0.717, 1.165) is 18.4 Å². The fourth-order valence-corrected chi connectivity index (χ4v) is 2.52. The van der Waals surface area contributed by atoms with Crippen LogP contribution in [0.25, 0.3) is 0 Å². The second-order valence-corrected chi connectivity index (χ2v) is 7.03. The zero-order chi connectivity index (χ0) is 13.8. The second kappa shape index (κ2) is 6.55. The van der Waals surface area contributed by atoms with E-state index in [-0.39, 0.29) is 17.1 Å². The van der Waals surface area contributed by atoms with E-state index in [1.807, 2.05) is 13.8 Å². The molecule has 0 heterocycles.